The van der Waals surface area contributed by atoms with Gasteiger partial charge in [-0.15, -0.1) is 0 Å². The van der Waals surface area contributed by atoms with E-state index in [9.17, 15) is 19.5 Å². The third kappa shape index (κ3) is 5.38. The van der Waals surface area contributed by atoms with Crippen molar-refractivity contribution in [1.29, 1.82) is 0 Å². The topological polar surface area (TPSA) is 114 Å². The molecule has 0 unspecified atom stereocenters. The van der Waals surface area contributed by atoms with E-state index in [0.717, 1.165) is 22.3 Å². The molecule has 2 aromatic rings. The Morgan fingerprint density at radius 2 is 1.47 bits per heavy atom. The highest BCUT2D eigenvalue weighted by molar-refractivity contribution is 5.82. The lowest BCUT2D eigenvalue weighted by molar-refractivity contribution is -0.140. The fourth-order valence-corrected chi connectivity index (χ4v) is 3.74. The van der Waals surface area contributed by atoms with Crippen molar-refractivity contribution in [2.75, 3.05) is 6.61 Å². The van der Waals surface area contributed by atoms with E-state index in [1.54, 1.807) is 20.8 Å². The van der Waals surface area contributed by atoms with Crippen LogP contribution in [0.2, 0.25) is 0 Å². The minimum atomic E-state index is -1.38. The number of alkyl carbamates (subject to hydrolysis) is 2. The fraction of sp³-hybridized carbons (Fsp3) is 0.375. The molecule has 2 atom stereocenters. The summed E-state index contributed by atoms with van der Waals surface area (Å²) in [6.45, 7) is 6.57. The Morgan fingerprint density at radius 3 is 1.97 bits per heavy atom. The minimum absolute atomic E-state index is 0.101. The van der Waals surface area contributed by atoms with E-state index in [0.29, 0.717) is 0 Å². The Morgan fingerprint density at radius 1 is 0.938 bits per heavy atom. The number of ether oxygens (including phenoxy) is 2. The molecule has 1 aliphatic rings. The van der Waals surface area contributed by atoms with Crippen LogP contribution in [0.3, 0.4) is 0 Å². The molecule has 8 nitrogen and oxygen atoms in total. The van der Waals surface area contributed by atoms with Crippen LogP contribution in [0, 0.1) is 0 Å². The second-order valence-electron chi connectivity index (χ2n) is 8.72. The van der Waals surface area contributed by atoms with Crippen LogP contribution in [0.5, 0.6) is 0 Å². The van der Waals surface area contributed by atoms with Gasteiger partial charge in [0, 0.05) is 5.92 Å². The maximum Gasteiger partial charge on any atom is 0.408 e. The number of carboxylic acid groups (broad SMARTS) is 1. The SMILES string of the molecule is C[C@@H](NC(=O)OCC1c2ccccc2-c2ccccc21)[C@@H](NC(=O)OC(C)(C)C)C(=O)O. The summed E-state index contributed by atoms with van der Waals surface area (Å²) in [4.78, 5) is 36.0. The molecule has 0 heterocycles. The van der Waals surface area contributed by atoms with Gasteiger partial charge in [-0.05, 0) is 49.9 Å². The molecule has 2 amide bonds. The van der Waals surface area contributed by atoms with E-state index in [-0.39, 0.29) is 12.5 Å². The van der Waals surface area contributed by atoms with E-state index in [4.69, 9.17) is 9.47 Å². The highest BCUT2D eigenvalue weighted by Crippen LogP contribution is 2.44. The van der Waals surface area contributed by atoms with E-state index in [1.807, 2.05) is 48.5 Å². The molecule has 3 N–H and O–H groups in total. The van der Waals surface area contributed by atoms with Gasteiger partial charge in [0.05, 0.1) is 6.04 Å². The van der Waals surface area contributed by atoms with Gasteiger partial charge in [0.25, 0.3) is 0 Å². The Bertz CT molecular complexity index is 968. The third-order valence-corrected chi connectivity index (χ3v) is 5.13. The highest BCUT2D eigenvalue weighted by atomic mass is 16.6. The zero-order valence-corrected chi connectivity index (χ0v) is 18.5. The van der Waals surface area contributed by atoms with Gasteiger partial charge in [-0.2, -0.15) is 0 Å². The number of aliphatic carboxylic acids is 1. The molecule has 32 heavy (non-hydrogen) atoms. The third-order valence-electron chi connectivity index (χ3n) is 5.13. The zero-order valence-electron chi connectivity index (χ0n) is 18.5. The van der Waals surface area contributed by atoms with Crippen LogP contribution in [0.1, 0.15) is 44.7 Å². The van der Waals surface area contributed by atoms with E-state index in [2.05, 4.69) is 10.6 Å². The maximum absolute atomic E-state index is 12.4. The van der Waals surface area contributed by atoms with Crippen LogP contribution in [-0.2, 0) is 14.3 Å². The smallest absolute Gasteiger partial charge is 0.408 e. The average molecular weight is 440 g/mol. The summed E-state index contributed by atoms with van der Waals surface area (Å²) in [7, 11) is 0. The molecule has 0 fully saturated rings. The molecule has 0 bridgehead atoms. The minimum Gasteiger partial charge on any atom is -0.480 e. The number of carbonyl (C=O) groups excluding carboxylic acids is 2. The summed E-state index contributed by atoms with van der Waals surface area (Å²) in [5.41, 5.74) is 3.58. The number of fused-ring (bicyclic) bond motifs is 3. The molecule has 0 spiro atoms. The van der Waals surface area contributed by atoms with Gasteiger partial charge in [0.2, 0.25) is 0 Å². The Hall–Kier alpha value is -3.55. The lowest BCUT2D eigenvalue weighted by Crippen LogP contribution is -2.55. The second-order valence-corrected chi connectivity index (χ2v) is 8.72. The van der Waals surface area contributed by atoms with Gasteiger partial charge in [0.15, 0.2) is 0 Å². The average Bonchev–Trinajstić information content (AvgIpc) is 3.03. The predicted molar refractivity (Wildman–Crippen MR) is 118 cm³/mol. The van der Waals surface area contributed by atoms with Crippen molar-refractivity contribution in [3.8, 4) is 11.1 Å². The largest absolute Gasteiger partial charge is 0.480 e. The Kier molecular flexibility index (Phi) is 6.72. The van der Waals surface area contributed by atoms with Crippen LogP contribution in [0.15, 0.2) is 48.5 Å². The summed E-state index contributed by atoms with van der Waals surface area (Å²) in [6.07, 6.45) is -1.65. The molecular weight excluding hydrogens is 412 g/mol. The van der Waals surface area contributed by atoms with Crippen molar-refractivity contribution in [2.45, 2.75) is 51.3 Å². The van der Waals surface area contributed by atoms with E-state index in [1.165, 1.54) is 6.92 Å². The first-order valence-electron chi connectivity index (χ1n) is 10.4. The number of hydrogen-bond donors (Lipinski definition) is 3. The Balaban J connectivity index is 1.61. The molecule has 0 saturated heterocycles. The monoisotopic (exact) mass is 440 g/mol. The zero-order chi connectivity index (χ0) is 23.5. The normalized spacial score (nSPS) is 14.5. The van der Waals surface area contributed by atoms with Crippen molar-refractivity contribution in [2.24, 2.45) is 0 Å². The number of amides is 2. The van der Waals surface area contributed by atoms with Crippen molar-refractivity contribution in [1.82, 2.24) is 10.6 Å². The predicted octanol–water partition coefficient (Wildman–Crippen LogP) is 3.89. The van der Waals surface area contributed by atoms with Gasteiger partial charge >= 0.3 is 18.2 Å². The molecule has 8 heteroatoms. The maximum atomic E-state index is 12.4. The summed E-state index contributed by atoms with van der Waals surface area (Å²) in [5, 5.41) is 14.2. The molecular formula is C24H28N2O6. The van der Waals surface area contributed by atoms with Crippen LogP contribution >= 0.6 is 0 Å². The summed E-state index contributed by atoms with van der Waals surface area (Å²) in [6, 6.07) is 13.6. The first-order chi connectivity index (χ1) is 15.1. The number of rotatable bonds is 6. The van der Waals surface area contributed by atoms with Gasteiger partial charge < -0.3 is 25.2 Å². The molecule has 170 valence electrons. The van der Waals surface area contributed by atoms with Crippen molar-refractivity contribution in [3.63, 3.8) is 0 Å². The lowest BCUT2D eigenvalue weighted by atomic mass is 9.98. The molecule has 0 aliphatic heterocycles. The van der Waals surface area contributed by atoms with E-state index < -0.39 is 35.8 Å². The van der Waals surface area contributed by atoms with Crippen LogP contribution in [0.25, 0.3) is 11.1 Å². The van der Waals surface area contributed by atoms with Crippen molar-refractivity contribution >= 4 is 18.2 Å². The summed E-state index contributed by atoms with van der Waals surface area (Å²) < 4.78 is 10.5. The van der Waals surface area contributed by atoms with E-state index >= 15 is 0 Å². The lowest BCUT2D eigenvalue weighted by Gasteiger charge is -2.25. The van der Waals surface area contributed by atoms with Crippen LogP contribution < -0.4 is 10.6 Å². The number of carboxylic acids is 1. The molecule has 2 aromatic carbocycles. The fourth-order valence-electron chi connectivity index (χ4n) is 3.74. The van der Waals surface area contributed by atoms with Gasteiger partial charge in [-0.3, -0.25) is 0 Å². The quantitative estimate of drug-likeness (QED) is 0.628. The molecule has 3 rings (SSSR count). The van der Waals surface area contributed by atoms with Crippen LogP contribution in [0.4, 0.5) is 9.59 Å². The van der Waals surface area contributed by atoms with Gasteiger partial charge in [-0.1, -0.05) is 48.5 Å². The summed E-state index contributed by atoms with van der Waals surface area (Å²) >= 11 is 0. The van der Waals surface area contributed by atoms with Crippen LogP contribution in [-0.4, -0.2) is 47.6 Å². The second kappa shape index (κ2) is 9.30. The number of benzene rings is 2. The molecule has 0 aromatic heterocycles. The Labute approximate surface area is 186 Å². The van der Waals surface area contributed by atoms with Gasteiger partial charge in [-0.25, -0.2) is 14.4 Å². The molecule has 1 aliphatic carbocycles. The standard InChI is InChI=1S/C24H28N2O6/c1-14(20(21(27)28)26-23(30)32-24(2,3)4)25-22(29)31-13-19-17-11-7-5-9-15(17)16-10-6-8-12-18(16)19/h5-12,14,19-20H,13H2,1-4H3,(H,25,29)(H,26,30)(H,27,28)/t14-,20-/m1/s1. The first-order valence-corrected chi connectivity index (χ1v) is 10.4. The first kappa shape index (κ1) is 23.1. The number of nitrogens with one attached hydrogen (secondary N) is 2. The molecule has 0 saturated carbocycles. The van der Waals surface area contributed by atoms with Crippen molar-refractivity contribution < 1.29 is 29.0 Å². The van der Waals surface area contributed by atoms with Crippen molar-refractivity contribution in [3.05, 3.63) is 59.7 Å². The number of carbonyl (C=O) groups is 3. The molecule has 0 radical (unpaired) electrons. The van der Waals surface area contributed by atoms with Gasteiger partial charge in [0.1, 0.15) is 18.2 Å². The summed E-state index contributed by atoms with van der Waals surface area (Å²) in [5.74, 6) is -1.42. The number of hydrogen-bond acceptors (Lipinski definition) is 5. The highest BCUT2D eigenvalue weighted by Gasteiger charge is 2.32.